The number of amides is 2. The normalized spacial score (nSPS) is 18.0. The van der Waals surface area contributed by atoms with Crippen molar-refractivity contribution in [3.63, 3.8) is 0 Å². The number of halogens is 1. The highest BCUT2D eigenvalue weighted by Gasteiger charge is 2.44. The Kier molecular flexibility index (Phi) is 3.75. The maximum absolute atomic E-state index is 13.1. The average molecular weight is 324 g/mol. The molecule has 2 amide bonds. The zero-order valence-electron chi connectivity index (χ0n) is 13.6. The monoisotopic (exact) mass is 324 g/mol. The van der Waals surface area contributed by atoms with Gasteiger partial charge in [-0.05, 0) is 48.1 Å². The van der Waals surface area contributed by atoms with Gasteiger partial charge in [-0.25, -0.2) is 9.18 Å². The molecule has 4 heteroatoms. The highest BCUT2D eigenvalue weighted by molar-refractivity contribution is 5.74. The van der Waals surface area contributed by atoms with Gasteiger partial charge in [0.15, 0.2) is 0 Å². The number of carbonyl (C=O) groups excluding carboxylic acids is 1. The van der Waals surface area contributed by atoms with E-state index in [0.717, 1.165) is 31.4 Å². The minimum Gasteiger partial charge on any atom is -0.337 e. The van der Waals surface area contributed by atoms with E-state index in [1.807, 2.05) is 29.2 Å². The zero-order chi connectivity index (χ0) is 16.6. The van der Waals surface area contributed by atoms with Crippen molar-refractivity contribution in [3.05, 3.63) is 71.0 Å². The number of rotatable bonds is 3. The van der Waals surface area contributed by atoms with Crippen LogP contribution in [0.4, 0.5) is 9.18 Å². The van der Waals surface area contributed by atoms with Crippen LogP contribution in [0.3, 0.4) is 0 Å². The number of nitrogens with zero attached hydrogens (tertiary/aromatic N) is 1. The lowest BCUT2D eigenvalue weighted by Crippen LogP contribution is -2.45. The number of nitrogens with one attached hydrogen (secondary N) is 1. The second-order valence-electron chi connectivity index (χ2n) is 6.89. The van der Waals surface area contributed by atoms with Gasteiger partial charge in [-0.3, -0.25) is 0 Å². The van der Waals surface area contributed by atoms with Crippen molar-refractivity contribution in [2.24, 2.45) is 0 Å². The molecule has 1 saturated carbocycles. The van der Waals surface area contributed by atoms with Crippen LogP contribution in [0.1, 0.15) is 29.5 Å². The van der Waals surface area contributed by atoms with Gasteiger partial charge in [-0.1, -0.05) is 36.4 Å². The molecule has 1 N–H and O–H groups in total. The highest BCUT2D eigenvalue weighted by atomic mass is 19.1. The van der Waals surface area contributed by atoms with Crippen LogP contribution < -0.4 is 5.32 Å². The van der Waals surface area contributed by atoms with Gasteiger partial charge in [0.1, 0.15) is 5.82 Å². The molecule has 0 bridgehead atoms. The molecular formula is C20H21FN2O. The molecule has 4 rings (SSSR count). The van der Waals surface area contributed by atoms with Crippen LogP contribution in [0.15, 0.2) is 48.5 Å². The Morgan fingerprint density at radius 2 is 1.79 bits per heavy atom. The fourth-order valence-electron chi connectivity index (χ4n) is 3.55. The van der Waals surface area contributed by atoms with E-state index in [1.54, 1.807) is 0 Å². The number of benzene rings is 2. The second kappa shape index (κ2) is 5.93. The Hall–Kier alpha value is -2.36. The maximum atomic E-state index is 13.1. The fraction of sp³-hybridized carbons (Fsp3) is 0.350. The first-order valence-corrected chi connectivity index (χ1v) is 8.52. The van der Waals surface area contributed by atoms with Gasteiger partial charge in [0.2, 0.25) is 0 Å². The van der Waals surface area contributed by atoms with Crippen LogP contribution in [-0.2, 0) is 18.4 Å². The number of carbonyl (C=O) groups is 1. The van der Waals surface area contributed by atoms with Crippen molar-refractivity contribution < 1.29 is 9.18 Å². The Balaban J connectivity index is 1.38. The lowest BCUT2D eigenvalue weighted by atomic mass is 9.96. The molecule has 0 atom stereocenters. The number of hydrogen-bond acceptors (Lipinski definition) is 1. The molecule has 1 heterocycles. The summed E-state index contributed by atoms with van der Waals surface area (Å²) >= 11 is 0. The van der Waals surface area contributed by atoms with E-state index in [1.165, 1.54) is 23.3 Å². The lowest BCUT2D eigenvalue weighted by molar-refractivity contribution is 0.191. The minimum atomic E-state index is -0.217. The molecule has 0 unspecified atom stereocenters. The largest absolute Gasteiger partial charge is 0.337 e. The molecule has 1 fully saturated rings. The molecule has 2 aliphatic rings. The molecule has 0 aromatic heterocycles. The van der Waals surface area contributed by atoms with E-state index in [0.29, 0.717) is 13.1 Å². The minimum absolute atomic E-state index is 0.00195. The van der Waals surface area contributed by atoms with Crippen molar-refractivity contribution >= 4 is 6.03 Å². The van der Waals surface area contributed by atoms with Gasteiger partial charge >= 0.3 is 6.03 Å². The lowest BCUT2D eigenvalue weighted by Gasteiger charge is -2.29. The van der Waals surface area contributed by atoms with Gasteiger partial charge in [-0.15, -0.1) is 0 Å². The van der Waals surface area contributed by atoms with Crippen molar-refractivity contribution in [1.29, 1.82) is 0 Å². The van der Waals surface area contributed by atoms with E-state index in [2.05, 4.69) is 17.4 Å². The van der Waals surface area contributed by atoms with E-state index in [4.69, 9.17) is 0 Å². The summed E-state index contributed by atoms with van der Waals surface area (Å²) < 4.78 is 13.1. The topological polar surface area (TPSA) is 32.3 Å². The zero-order valence-corrected chi connectivity index (χ0v) is 13.6. The average Bonchev–Trinajstić information content (AvgIpc) is 3.41. The molecule has 1 aliphatic heterocycles. The van der Waals surface area contributed by atoms with Crippen molar-refractivity contribution in [3.8, 4) is 0 Å². The number of hydrogen-bond donors (Lipinski definition) is 1. The SMILES string of the molecule is O=C(NCC1(c2ccc(F)cc2)CC1)N1CCc2ccccc2C1. The molecule has 0 spiro atoms. The third-order valence-corrected chi connectivity index (χ3v) is 5.31. The van der Waals surface area contributed by atoms with Gasteiger partial charge < -0.3 is 10.2 Å². The molecule has 3 nitrogen and oxygen atoms in total. The predicted octanol–water partition coefficient (Wildman–Crippen LogP) is 3.63. The summed E-state index contributed by atoms with van der Waals surface area (Å²) in [4.78, 5) is 14.4. The Labute approximate surface area is 141 Å². The van der Waals surface area contributed by atoms with E-state index >= 15 is 0 Å². The van der Waals surface area contributed by atoms with Gasteiger partial charge in [0, 0.05) is 25.0 Å². The second-order valence-corrected chi connectivity index (χ2v) is 6.89. The molecule has 1 aliphatic carbocycles. The summed E-state index contributed by atoms with van der Waals surface area (Å²) in [6.45, 7) is 2.05. The Bertz CT molecular complexity index is 752. The van der Waals surface area contributed by atoms with Crippen LogP contribution >= 0.6 is 0 Å². The van der Waals surface area contributed by atoms with Crippen molar-refractivity contribution in [2.45, 2.75) is 31.2 Å². The van der Waals surface area contributed by atoms with Crippen LogP contribution in [0, 0.1) is 5.82 Å². The standard InChI is InChI=1S/C20H21FN2O/c21-18-7-5-17(6-8-18)20(10-11-20)14-22-19(24)23-12-9-15-3-1-2-4-16(15)13-23/h1-8H,9-14H2,(H,22,24). The van der Waals surface area contributed by atoms with E-state index in [-0.39, 0.29) is 17.3 Å². The summed E-state index contributed by atoms with van der Waals surface area (Å²) in [5, 5.41) is 3.09. The van der Waals surface area contributed by atoms with Gasteiger partial charge in [-0.2, -0.15) is 0 Å². The fourth-order valence-corrected chi connectivity index (χ4v) is 3.55. The maximum Gasteiger partial charge on any atom is 0.317 e. The molecule has 0 radical (unpaired) electrons. The molecule has 2 aromatic rings. The summed E-state index contributed by atoms with van der Waals surface area (Å²) in [6.07, 6.45) is 3.00. The molecule has 2 aromatic carbocycles. The quantitative estimate of drug-likeness (QED) is 0.919. The summed E-state index contributed by atoms with van der Waals surface area (Å²) in [5.41, 5.74) is 3.69. The highest BCUT2D eigenvalue weighted by Crippen LogP contribution is 2.47. The first kappa shape index (κ1) is 15.2. The molecule has 24 heavy (non-hydrogen) atoms. The van der Waals surface area contributed by atoms with E-state index < -0.39 is 0 Å². The third kappa shape index (κ3) is 2.88. The van der Waals surface area contributed by atoms with Crippen LogP contribution in [-0.4, -0.2) is 24.0 Å². The Morgan fingerprint density at radius 3 is 2.50 bits per heavy atom. The number of fused-ring (bicyclic) bond motifs is 1. The predicted molar refractivity (Wildman–Crippen MR) is 91.3 cm³/mol. The summed E-state index contributed by atoms with van der Waals surface area (Å²) in [7, 11) is 0. The van der Waals surface area contributed by atoms with Crippen LogP contribution in [0.2, 0.25) is 0 Å². The van der Waals surface area contributed by atoms with Gasteiger partial charge in [0.05, 0.1) is 0 Å². The summed E-state index contributed by atoms with van der Waals surface area (Å²) in [5.74, 6) is -0.217. The smallest absolute Gasteiger partial charge is 0.317 e. The number of urea groups is 1. The first-order chi connectivity index (χ1) is 11.7. The van der Waals surface area contributed by atoms with Crippen LogP contribution in [0.5, 0.6) is 0 Å². The third-order valence-electron chi connectivity index (χ3n) is 5.31. The Morgan fingerprint density at radius 1 is 1.08 bits per heavy atom. The molecule has 0 saturated heterocycles. The summed E-state index contributed by atoms with van der Waals surface area (Å²) in [6, 6.07) is 15.0. The first-order valence-electron chi connectivity index (χ1n) is 8.52. The van der Waals surface area contributed by atoms with Crippen molar-refractivity contribution in [2.75, 3.05) is 13.1 Å². The van der Waals surface area contributed by atoms with Crippen molar-refractivity contribution in [1.82, 2.24) is 10.2 Å². The van der Waals surface area contributed by atoms with E-state index in [9.17, 15) is 9.18 Å². The molecular weight excluding hydrogens is 303 g/mol. The van der Waals surface area contributed by atoms with Gasteiger partial charge in [0.25, 0.3) is 0 Å². The van der Waals surface area contributed by atoms with Crippen LogP contribution in [0.25, 0.3) is 0 Å². The molecule has 124 valence electrons.